The molecular formula is C16H11N3. The molecule has 0 aliphatic carbocycles. The third kappa shape index (κ3) is 2.24. The molecule has 3 rings (SSSR count). The van der Waals surface area contributed by atoms with Gasteiger partial charge < -0.3 is 4.98 Å². The van der Waals surface area contributed by atoms with Crippen molar-refractivity contribution in [2.45, 2.75) is 0 Å². The predicted octanol–water partition coefficient (Wildman–Crippen LogP) is 3.63. The molecule has 0 aliphatic rings. The predicted molar refractivity (Wildman–Crippen MR) is 76.0 cm³/mol. The van der Waals surface area contributed by atoms with Crippen LogP contribution in [0.5, 0.6) is 0 Å². The minimum atomic E-state index is 0.530. The monoisotopic (exact) mass is 245 g/mol. The summed E-state index contributed by atoms with van der Waals surface area (Å²) in [6, 6.07) is 19.7. The van der Waals surface area contributed by atoms with Gasteiger partial charge in [0.15, 0.2) is 0 Å². The molecule has 1 heterocycles. The van der Waals surface area contributed by atoms with Crippen LogP contribution in [0.1, 0.15) is 11.4 Å². The summed E-state index contributed by atoms with van der Waals surface area (Å²) < 4.78 is 0. The minimum Gasteiger partial charge on any atom is -0.337 e. The first-order valence-electron chi connectivity index (χ1n) is 5.99. The number of imidazole rings is 1. The van der Waals surface area contributed by atoms with Crippen molar-refractivity contribution in [3.05, 3.63) is 66.0 Å². The van der Waals surface area contributed by atoms with E-state index in [0.717, 1.165) is 16.6 Å². The fraction of sp³-hybridized carbons (Fsp3) is 0. The van der Waals surface area contributed by atoms with E-state index in [9.17, 15) is 5.26 Å². The Kier molecular flexibility index (Phi) is 2.83. The lowest BCUT2D eigenvalue weighted by Crippen LogP contribution is -1.84. The van der Waals surface area contributed by atoms with E-state index >= 15 is 0 Å². The van der Waals surface area contributed by atoms with Gasteiger partial charge in [-0.3, -0.25) is 0 Å². The van der Waals surface area contributed by atoms with Crippen molar-refractivity contribution < 1.29 is 0 Å². The molecule has 3 aromatic rings. The van der Waals surface area contributed by atoms with Gasteiger partial charge in [-0.25, -0.2) is 4.98 Å². The second-order valence-electron chi connectivity index (χ2n) is 4.18. The fourth-order valence-corrected chi connectivity index (χ4v) is 1.95. The van der Waals surface area contributed by atoms with Gasteiger partial charge >= 0.3 is 0 Å². The summed E-state index contributed by atoms with van der Waals surface area (Å²) in [4.78, 5) is 7.60. The van der Waals surface area contributed by atoms with Crippen LogP contribution in [0.2, 0.25) is 0 Å². The molecule has 0 saturated heterocycles. The first-order valence-corrected chi connectivity index (χ1v) is 5.99. The number of nitrogens with one attached hydrogen (secondary N) is 1. The average molecular weight is 245 g/mol. The van der Waals surface area contributed by atoms with Gasteiger partial charge in [-0.1, -0.05) is 42.5 Å². The smallest absolute Gasteiger partial charge is 0.149 e. The zero-order chi connectivity index (χ0) is 13.1. The van der Waals surface area contributed by atoms with Crippen molar-refractivity contribution in [3.63, 3.8) is 0 Å². The zero-order valence-electron chi connectivity index (χ0n) is 10.2. The second-order valence-corrected chi connectivity index (χ2v) is 4.18. The van der Waals surface area contributed by atoms with Crippen LogP contribution < -0.4 is 0 Å². The maximum atomic E-state index is 9.29. The summed E-state index contributed by atoms with van der Waals surface area (Å²) in [7, 11) is 0. The highest BCUT2D eigenvalue weighted by molar-refractivity contribution is 5.90. The fourth-order valence-electron chi connectivity index (χ4n) is 1.95. The Morgan fingerprint density at radius 1 is 1.05 bits per heavy atom. The first-order chi connectivity index (χ1) is 9.36. The Hall–Kier alpha value is -2.86. The molecule has 0 fully saturated rings. The van der Waals surface area contributed by atoms with Gasteiger partial charge in [-0.15, -0.1) is 0 Å². The molecule has 90 valence electrons. The summed E-state index contributed by atoms with van der Waals surface area (Å²) in [5.41, 5.74) is 3.32. The molecule has 0 radical (unpaired) electrons. The first kappa shape index (κ1) is 11.2. The van der Waals surface area contributed by atoms with E-state index in [1.807, 2.05) is 60.7 Å². The van der Waals surface area contributed by atoms with Crippen molar-refractivity contribution in [1.82, 2.24) is 9.97 Å². The lowest BCUT2D eigenvalue weighted by Gasteiger charge is -1.94. The van der Waals surface area contributed by atoms with E-state index in [2.05, 4.69) is 16.0 Å². The molecule has 0 saturated carbocycles. The molecule has 2 aromatic carbocycles. The Balaban J connectivity index is 2.08. The highest BCUT2D eigenvalue weighted by Crippen LogP contribution is 2.18. The number of hydrogen-bond donors (Lipinski definition) is 1. The second kappa shape index (κ2) is 4.79. The lowest BCUT2D eigenvalue weighted by atomic mass is 10.1. The van der Waals surface area contributed by atoms with E-state index in [-0.39, 0.29) is 0 Å². The van der Waals surface area contributed by atoms with E-state index in [1.54, 1.807) is 0 Å². The van der Waals surface area contributed by atoms with Crippen molar-refractivity contribution >= 4 is 22.7 Å². The molecule has 0 unspecified atom stereocenters. The minimum absolute atomic E-state index is 0.530. The number of benzene rings is 2. The van der Waals surface area contributed by atoms with E-state index in [4.69, 9.17) is 0 Å². The number of aromatic amines is 1. The van der Waals surface area contributed by atoms with Gasteiger partial charge in [-0.05, 0) is 23.8 Å². The van der Waals surface area contributed by atoms with Crippen molar-refractivity contribution in [3.8, 4) is 6.07 Å². The number of rotatable bonds is 2. The van der Waals surface area contributed by atoms with Gasteiger partial charge in [0.05, 0.1) is 16.6 Å². The highest BCUT2D eigenvalue weighted by atomic mass is 14.9. The number of fused-ring (bicyclic) bond motifs is 1. The molecule has 1 aromatic heterocycles. The number of aromatic nitrogens is 2. The average Bonchev–Trinajstić information content (AvgIpc) is 2.89. The normalized spacial score (nSPS) is 11.4. The quantitative estimate of drug-likeness (QED) is 0.701. The summed E-state index contributed by atoms with van der Waals surface area (Å²) >= 11 is 0. The van der Waals surface area contributed by atoms with Gasteiger partial charge in [0.25, 0.3) is 0 Å². The molecule has 0 atom stereocenters. The van der Waals surface area contributed by atoms with E-state index in [1.165, 1.54) is 0 Å². The maximum absolute atomic E-state index is 9.29. The summed E-state index contributed by atoms with van der Waals surface area (Å²) in [6.07, 6.45) is 1.83. The Labute approximate surface area is 110 Å². The molecule has 0 bridgehead atoms. The third-order valence-electron chi connectivity index (χ3n) is 2.88. The van der Waals surface area contributed by atoms with Crippen LogP contribution in [-0.2, 0) is 0 Å². The number of para-hydroxylation sites is 2. The molecule has 1 N–H and O–H groups in total. The number of H-pyrrole nitrogens is 1. The van der Waals surface area contributed by atoms with Crippen LogP contribution in [0, 0.1) is 11.3 Å². The lowest BCUT2D eigenvalue weighted by molar-refractivity contribution is 1.27. The van der Waals surface area contributed by atoms with Crippen molar-refractivity contribution in [2.75, 3.05) is 0 Å². The molecule has 0 amide bonds. The number of nitriles is 1. The van der Waals surface area contributed by atoms with Crippen LogP contribution in [0.25, 0.3) is 22.7 Å². The molecular weight excluding hydrogens is 234 g/mol. The van der Waals surface area contributed by atoms with Gasteiger partial charge in [0.2, 0.25) is 0 Å². The van der Waals surface area contributed by atoms with Crippen LogP contribution >= 0.6 is 0 Å². The van der Waals surface area contributed by atoms with Crippen LogP contribution in [0.15, 0.2) is 54.6 Å². The van der Waals surface area contributed by atoms with Crippen LogP contribution in [-0.4, -0.2) is 9.97 Å². The Morgan fingerprint density at radius 3 is 2.53 bits per heavy atom. The molecule has 3 heteroatoms. The van der Waals surface area contributed by atoms with Crippen molar-refractivity contribution in [1.29, 1.82) is 5.26 Å². The molecule has 3 nitrogen and oxygen atoms in total. The van der Waals surface area contributed by atoms with Crippen molar-refractivity contribution in [2.24, 2.45) is 0 Å². The van der Waals surface area contributed by atoms with E-state index in [0.29, 0.717) is 11.4 Å². The largest absolute Gasteiger partial charge is 0.337 e. The topological polar surface area (TPSA) is 52.5 Å². The molecule has 19 heavy (non-hydrogen) atoms. The molecule has 0 aliphatic heterocycles. The number of nitrogens with zero attached hydrogens (tertiary/aromatic N) is 2. The Morgan fingerprint density at radius 2 is 1.79 bits per heavy atom. The van der Waals surface area contributed by atoms with E-state index < -0.39 is 0 Å². The Bertz CT molecular complexity index is 743. The van der Waals surface area contributed by atoms with Gasteiger partial charge in [-0.2, -0.15) is 5.26 Å². The van der Waals surface area contributed by atoms with Crippen LogP contribution in [0.3, 0.4) is 0 Å². The maximum Gasteiger partial charge on any atom is 0.149 e. The highest BCUT2D eigenvalue weighted by Gasteiger charge is 2.07. The van der Waals surface area contributed by atoms with Gasteiger partial charge in [0, 0.05) is 0 Å². The summed E-state index contributed by atoms with van der Waals surface area (Å²) in [5, 5.41) is 9.29. The number of allylic oxidation sites excluding steroid dienone is 1. The van der Waals surface area contributed by atoms with Crippen LogP contribution in [0.4, 0.5) is 0 Å². The standard InChI is InChI=1S/C16H11N3/c17-11-13(10-12-6-2-1-3-7-12)16-18-14-8-4-5-9-15(14)19-16/h1-10H,(H,18,19)/b13-10-. The zero-order valence-corrected chi connectivity index (χ0v) is 10.2. The molecule has 0 spiro atoms. The third-order valence-corrected chi connectivity index (χ3v) is 2.88. The SMILES string of the molecule is N#C/C(=C/c1ccccc1)c1nc2ccccc2[nH]1. The summed E-state index contributed by atoms with van der Waals surface area (Å²) in [6.45, 7) is 0. The van der Waals surface area contributed by atoms with Gasteiger partial charge in [0.1, 0.15) is 11.9 Å². The summed E-state index contributed by atoms with van der Waals surface area (Å²) in [5.74, 6) is 0.604. The number of hydrogen-bond acceptors (Lipinski definition) is 2.